The molecule has 0 fully saturated rings. The fourth-order valence-electron chi connectivity index (χ4n) is 1.38. The molecule has 0 aliphatic rings. The van der Waals surface area contributed by atoms with Gasteiger partial charge in [-0.15, -0.1) is 0 Å². The first-order valence-electron chi connectivity index (χ1n) is 5.42. The van der Waals surface area contributed by atoms with Gasteiger partial charge in [-0.25, -0.2) is 0 Å². The molecule has 0 aromatic carbocycles. The Labute approximate surface area is 104 Å². The van der Waals surface area contributed by atoms with Crippen LogP contribution in [0.5, 0.6) is 5.75 Å². The molecule has 90 valence electrons. The summed E-state index contributed by atoms with van der Waals surface area (Å²) in [5.41, 5.74) is 7.70. The predicted molar refractivity (Wildman–Crippen MR) is 66.0 cm³/mol. The van der Waals surface area contributed by atoms with Crippen LogP contribution in [0.3, 0.4) is 0 Å². The maximum Gasteiger partial charge on any atom is 0.137 e. The number of hydrogen-bond acceptors (Lipinski definition) is 6. The minimum absolute atomic E-state index is 0.300. The fourth-order valence-corrected chi connectivity index (χ4v) is 1.84. The van der Waals surface area contributed by atoms with Gasteiger partial charge in [0.05, 0.1) is 42.5 Å². The Morgan fingerprint density at radius 3 is 3.00 bits per heavy atom. The molecule has 2 aromatic heterocycles. The van der Waals surface area contributed by atoms with Crippen molar-refractivity contribution < 1.29 is 4.74 Å². The molecule has 2 aromatic rings. The fraction of sp³-hybridized carbons (Fsp3) is 0.364. The molecule has 0 saturated carbocycles. The molecule has 17 heavy (non-hydrogen) atoms. The third-order valence-electron chi connectivity index (χ3n) is 2.26. The molecule has 0 bridgehead atoms. The highest BCUT2D eigenvalue weighted by Gasteiger charge is 2.12. The Kier molecular flexibility index (Phi) is 4.00. The number of nitrogens with zero attached hydrogens (tertiary/aromatic N) is 3. The lowest BCUT2D eigenvalue weighted by molar-refractivity contribution is 0.315. The lowest BCUT2D eigenvalue weighted by Crippen LogP contribution is -2.12. The molecule has 2 heterocycles. The maximum absolute atomic E-state index is 6.07. The normalized spacial score (nSPS) is 12.4. The molecule has 0 aliphatic carbocycles. The average molecular weight is 250 g/mol. The SMILES string of the molecule is CCCOc1cncc(C(N)c2cnsn2)c1. The lowest BCUT2D eigenvalue weighted by Gasteiger charge is -2.10. The van der Waals surface area contributed by atoms with E-state index in [2.05, 4.69) is 20.7 Å². The van der Waals surface area contributed by atoms with Crippen LogP contribution in [0.4, 0.5) is 0 Å². The third-order valence-corrected chi connectivity index (χ3v) is 2.76. The Hall–Kier alpha value is -1.53. The Balaban J connectivity index is 2.15. The Morgan fingerprint density at radius 2 is 2.29 bits per heavy atom. The van der Waals surface area contributed by atoms with Crippen molar-refractivity contribution in [2.24, 2.45) is 5.73 Å². The molecular weight excluding hydrogens is 236 g/mol. The van der Waals surface area contributed by atoms with Crippen LogP contribution in [0.25, 0.3) is 0 Å². The molecule has 1 unspecified atom stereocenters. The zero-order valence-electron chi connectivity index (χ0n) is 9.54. The van der Waals surface area contributed by atoms with Crippen molar-refractivity contribution in [2.45, 2.75) is 19.4 Å². The van der Waals surface area contributed by atoms with E-state index in [0.29, 0.717) is 6.61 Å². The van der Waals surface area contributed by atoms with E-state index in [4.69, 9.17) is 10.5 Å². The lowest BCUT2D eigenvalue weighted by atomic mass is 10.1. The van der Waals surface area contributed by atoms with Crippen molar-refractivity contribution >= 4 is 11.7 Å². The monoisotopic (exact) mass is 250 g/mol. The van der Waals surface area contributed by atoms with Crippen molar-refractivity contribution in [2.75, 3.05) is 6.61 Å². The number of pyridine rings is 1. The van der Waals surface area contributed by atoms with Gasteiger partial charge >= 0.3 is 0 Å². The molecule has 0 aliphatic heterocycles. The van der Waals surface area contributed by atoms with Gasteiger partial charge in [0.25, 0.3) is 0 Å². The van der Waals surface area contributed by atoms with Gasteiger partial charge in [-0.1, -0.05) is 6.92 Å². The van der Waals surface area contributed by atoms with Crippen molar-refractivity contribution in [3.63, 3.8) is 0 Å². The molecule has 2 N–H and O–H groups in total. The van der Waals surface area contributed by atoms with Crippen LogP contribution in [-0.2, 0) is 0 Å². The number of rotatable bonds is 5. The second-order valence-electron chi connectivity index (χ2n) is 3.61. The van der Waals surface area contributed by atoms with Crippen LogP contribution in [0, 0.1) is 0 Å². The van der Waals surface area contributed by atoms with E-state index in [0.717, 1.165) is 35.2 Å². The molecule has 1 atom stereocenters. The van der Waals surface area contributed by atoms with Crippen LogP contribution < -0.4 is 10.5 Å². The Morgan fingerprint density at radius 1 is 1.41 bits per heavy atom. The molecule has 2 rings (SSSR count). The van der Waals surface area contributed by atoms with Crippen LogP contribution >= 0.6 is 11.7 Å². The standard InChI is InChI=1S/C11H14N4OS/c1-2-3-16-9-4-8(5-13-6-9)11(12)10-7-14-17-15-10/h4-7,11H,2-3,12H2,1H3. The van der Waals surface area contributed by atoms with Crippen LogP contribution in [-0.4, -0.2) is 20.3 Å². The minimum Gasteiger partial charge on any atom is -0.492 e. The van der Waals surface area contributed by atoms with E-state index in [-0.39, 0.29) is 6.04 Å². The van der Waals surface area contributed by atoms with E-state index < -0.39 is 0 Å². The van der Waals surface area contributed by atoms with Crippen molar-refractivity contribution in [1.29, 1.82) is 0 Å². The summed E-state index contributed by atoms with van der Waals surface area (Å²) in [6.07, 6.45) is 6.05. The van der Waals surface area contributed by atoms with E-state index in [1.807, 2.05) is 6.07 Å². The van der Waals surface area contributed by atoms with Gasteiger partial charge in [-0.05, 0) is 18.1 Å². The van der Waals surface area contributed by atoms with E-state index in [1.54, 1.807) is 18.6 Å². The number of hydrogen-bond donors (Lipinski definition) is 1. The summed E-state index contributed by atoms with van der Waals surface area (Å²) in [6, 6.07) is 1.60. The molecule has 5 nitrogen and oxygen atoms in total. The summed E-state index contributed by atoms with van der Waals surface area (Å²) in [6.45, 7) is 2.74. The van der Waals surface area contributed by atoms with Crippen LogP contribution in [0.2, 0.25) is 0 Å². The summed E-state index contributed by atoms with van der Waals surface area (Å²) in [4.78, 5) is 4.12. The zero-order chi connectivity index (χ0) is 12.1. The zero-order valence-corrected chi connectivity index (χ0v) is 10.4. The highest BCUT2D eigenvalue weighted by Crippen LogP contribution is 2.21. The van der Waals surface area contributed by atoms with E-state index in [1.165, 1.54) is 0 Å². The van der Waals surface area contributed by atoms with Gasteiger partial charge < -0.3 is 10.5 Å². The van der Waals surface area contributed by atoms with Gasteiger partial charge in [-0.3, -0.25) is 4.98 Å². The minimum atomic E-state index is -0.300. The number of ether oxygens (including phenoxy) is 1. The predicted octanol–water partition coefficient (Wildman–Crippen LogP) is 1.77. The van der Waals surface area contributed by atoms with Crippen molar-refractivity contribution in [3.8, 4) is 5.75 Å². The van der Waals surface area contributed by atoms with Gasteiger partial charge in [0, 0.05) is 6.20 Å². The van der Waals surface area contributed by atoms with Gasteiger partial charge in [0.2, 0.25) is 0 Å². The molecular formula is C11H14N4OS. The number of aromatic nitrogens is 3. The van der Waals surface area contributed by atoms with E-state index in [9.17, 15) is 0 Å². The second kappa shape index (κ2) is 5.70. The Bertz CT molecular complexity index is 460. The second-order valence-corrected chi connectivity index (χ2v) is 4.17. The molecule has 0 saturated heterocycles. The van der Waals surface area contributed by atoms with Crippen LogP contribution in [0.1, 0.15) is 30.6 Å². The quantitative estimate of drug-likeness (QED) is 0.875. The van der Waals surface area contributed by atoms with Gasteiger partial charge in [0.15, 0.2) is 0 Å². The smallest absolute Gasteiger partial charge is 0.137 e. The average Bonchev–Trinajstić information content (AvgIpc) is 2.89. The molecule has 6 heteroatoms. The molecule has 0 spiro atoms. The highest BCUT2D eigenvalue weighted by atomic mass is 32.1. The van der Waals surface area contributed by atoms with E-state index >= 15 is 0 Å². The van der Waals surface area contributed by atoms with Gasteiger partial charge in [-0.2, -0.15) is 8.75 Å². The highest BCUT2D eigenvalue weighted by molar-refractivity contribution is 6.99. The topological polar surface area (TPSA) is 73.9 Å². The number of nitrogens with two attached hydrogens (primary N) is 1. The summed E-state index contributed by atoms with van der Waals surface area (Å²) in [5.74, 6) is 0.739. The van der Waals surface area contributed by atoms with Gasteiger partial charge in [0.1, 0.15) is 5.75 Å². The summed E-state index contributed by atoms with van der Waals surface area (Å²) >= 11 is 1.15. The van der Waals surface area contributed by atoms with Crippen molar-refractivity contribution in [1.82, 2.24) is 13.7 Å². The maximum atomic E-state index is 6.07. The molecule has 0 amide bonds. The summed E-state index contributed by atoms with van der Waals surface area (Å²) in [5, 5.41) is 0. The van der Waals surface area contributed by atoms with Crippen LogP contribution in [0.15, 0.2) is 24.7 Å². The largest absolute Gasteiger partial charge is 0.492 e. The van der Waals surface area contributed by atoms with Crippen molar-refractivity contribution in [3.05, 3.63) is 35.9 Å². The first-order chi connectivity index (χ1) is 8.31. The summed E-state index contributed by atoms with van der Waals surface area (Å²) < 4.78 is 13.6. The first-order valence-corrected chi connectivity index (χ1v) is 6.15. The first kappa shape index (κ1) is 11.9. The third kappa shape index (κ3) is 2.98. The molecule has 0 radical (unpaired) electrons. The summed E-state index contributed by atoms with van der Waals surface area (Å²) in [7, 11) is 0.